The number of carbonyl (C=O) groups excluding carboxylic acids is 1. The minimum absolute atomic E-state index is 0.0924. The van der Waals surface area contributed by atoms with Gasteiger partial charge in [-0.3, -0.25) is 4.79 Å². The average molecular weight is 341 g/mol. The van der Waals surface area contributed by atoms with E-state index in [4.69, 9.17) is 0 Å². The molecule has 1 saturated heterocycles. The van der Waals surface area contributed by atoms with Crippen molar-refractivity contribution in [2.75, 3.05) is 13.1 Å². The number of rotatable bonds is 4. The summed E-state index contributed by atoms with van der Waals surface area (Å²) in [6, 6.07) is 10.3. The molecule has 6 heteroatoms. The number of amides is 1. The number of hydrogen-bond acceptors (Lipinski definition) is 4. The molecule has 6 nitrogen and oxygen atoms in total. The van der Waals surface area contributed by atoms with Crippen LogP contribution >= 0.6 is 0 Å². The third-order valence-corrected chi connectivity index (χ3v) is 4.70. The topological polar surface area (TPSA) is 71.8 Å². The minimum atomic E-state index is -0.177. The highest BCUT2D eigenvalue weighted by Gasteiger charge is 2.29. The van der Waals surface area contributed by atoms with Crippen molar-refractivity contribution >= 4 is 5.91 Å². The zero-order valence-corrected chi connectivity index (χ0v) is 15.2. The first kappa shape index (κ1) is 17.6. The van der Waals surface area contributed by atoms with Crippen LogP contribution in [0.1, 0.15) is 61.7 Å². The van der Waals surface area contributed by atoms with Crippen molar-refractivity contribution in [2.24, 2.45) is 5.41 Å². The van der Waals surface area contributed by atoms with E-state index in [0.717, 1.165) is 31.5 Å². The predicted octanol–water partition coefficient (Wildman–Crippen LogP) is 2.72. The molecule has 0 saturated carbocycles. The Morgan fingerprint density at radius 2 is 1.92 bits per heavy atom. The maximum absolute atomic E-state index is 12.7. The third kappa shape index (κ3) is 4.25. The number of nitrogens with one attached hydrogen (secondary N) is 2. The van der Waals surface area contributed by atoms with Gasteiger partial charge in [0, 0.05) is 0 Å². The molecule has 2 heterocycles. The van der Waals surface area contributed by atoms with Crippen molar-refractivity contribution in [1.82, 2.24) is 25.6 Å². The molecule has 1 aromatic carbocycles. The van der Waals surface area contributed by atoms with Crippen LogP contribution < -0.4 is 10.6 Å². The van der Waals surface area contributed by atoms with E-state index in [1.54, 1.807) is 6.20 Å². The zero-order chi connectivity index (χ0) is 17.9. The summed E-state index contributed by atoms with van der Waals surface area (Å²) in [6.07, 6.45) is 3.80. The van der Waals surface area contributed by atoms with Gasteiger partial charge in [0.1, 0.15) is 0 Å². The Hall–Kier alpha value is -2.21. The van der Waals surface area contributed by atoms with E-state index in [0.29, 0.717) is 11.7 Å². The van der Waals surface area contributed by atoms with E-state index in [1.165, 1.54) is 0 Å². The highest BCUT2D eigenvalue weighted by molar-refractivity contribution is 5.92. The van der Waals surface area contributed by atoms with Crippen LogP contribution in [0.25, 0.3) is 0 Å². The fourth-order valence-electron chi connectivity index (χ4n) is 3.28. The molecule has 1 amide bonds. The van der Waals surface area contributed by atoms with E-state index in [-0.39, 0.29) is 17.4 Å². The summed E-state index contributed by atoms with van der Waals surface area (Å²) in [4.78, 5) is 12.7. The standard InChI is InChI=1S/C19H27N5O/c1-19(2,3)17(14-7-5-4-6-8-14)21-18(25)16-13-24(23-22-16)15-9-11-20-12-10-15/h4-8,13,15,17,20H,9-12H2,1-3H3,(H,21,25). The number of carbonyl (C=O) groups is 1. The second kappa shape index (κ2) is 7.35. The van der Waals surface area contributed by atoms with Gasteiger partial charge in [0.2, 0.25) is 0 Å². The Morgan fingerprint density at radius 3 is 2.56 bits per heavy atom. The number of benzene rings is 1. The molecule has 1 aliphatic heterocycles. The highest BCUT2D eigenvalue weighted by Crippen LogP contribution is 2.32. The molecule has 0 spiro atoms. The quantitative estimate of drug-likeness (QED) is 0.897. The number of hydrogen-bond donors (Lipinski definition) is 2. The van der Waals surface area contributed by atoms with Gasteiger partial charge in [-0.15, -0.1) is 5.10 Å². The summed E-state index contributed by atoms with van der Waals surface area (Å²) in [7, 11) is 0. The van der Waals surface area contributed by atoms with E-state index >= 15 is 0 Å². The molecular formula is C19H27N5O. The lowest BCUT2D eigenvalue weighted by atomic mass is 9.82. The fraction of sp³-hybridized carbons (Fsp3) is 0.526. The largest absolute Gasteiger partial charge is 0.343 e. The van der Waals surface area contributed by atoms with Crippen LogP contribution in [0.2, 0.25) is 0 Å². The molecule has 1 unspecified atom stereocenters. The van der Waals surface area contributed by atoms with Crippen molar-refractivity contribution < 1.29 is 4.79 Å². The Balaban J connectivity index is 1.74. The lowest BCUT2D eigenvalue weighted by molar-refractivity contribution is 0.0896. The van der Waals surface area contributed by atoms with Crippen molar-refractivity contribution in [3.8, 4) is 0 Å². The molecule has 2 N–H and O–H groups in total. The fourth-order valence-corrected chi connectivity index (χ4v) is 3.28. The molecule has 0 bridgehead atoms. The Morgan fingerprint density at radius 1 is 1.24 bits per heavy atom. The van der Waals surface area contributed by atoms with Crippen molar-refractivity contribution in [1.29, 1.82) is 0 Å². The molecule has 1 aromatic heterocycles. The molecule has 0 aliphatic carbocycles. The normalized spacial score (nSPS) is 17.2. The summed E-state index contributed by atoms with van der Waals surface area (Å²) < 4.78 is 1.84. The molecule has 0 radical (unpaired) electrons. The molecule has 134 valence electrons. The monoisotopic (exact) mass is 341 g/mol. The van der Waals surface area contributed by atoms with Crippen LogP contribution in [-0.2, 0) is 0 Å². The van der Waals surface area contributed by atoms with Crippen LogP contribution in [-0.4, -0.2) is 34.0 Å². The van der Waals surface area contributed by atoms with Crippen LogP contribution in [0.5, 0.6) is 0 Å². The second-order valence-corrected chi connectivity index (χ2v) is 7.75. The molecule has 1 fully saturated rings. The van der Waals surface area contributed by atoms with Crippen LogP contribution in [0.4, 0.5) is 0 Å². The molecular weight excluding hydrogens is 314 g/mol. The second-order valence-electron chi connectivity index (χ2n) is 7.75. The predicted molar refractivity (Wildman–Crippen MR) is 97.3 cm³/mol. The van der Waals surface area contributed by atoms with Crippen molar-refractivity contribution in [2.45, 2.75) is 45.7 Å². The maximum atomic E-state index is 12.7. The molecule has 3 rings (SSSR count). The van der Waals surface area contributed by atoms with Gasteiger partial charge in [-0.05, 0) is 36.9 Å². The molecule has 1 aliphatic rings. The molecule has 1 atom stereocenters. The van der Waals surface area contributed by atoms with Crippen LogP contribution in [0, 0.1) is 5.41 Å². The number of nitrogens with zero attached hydrogens (tertiary/aromatic N) is 3. The first-order valence-electron chi connectivity index (χ1n) is 8.93. The van der Waals surface area contributed by atoms with Crippen LogP contribution in [0.3, 0.4) is 0 Å². The smallest absolute Gasteiger partial charge is 0.273 e. The highest BCUT2D eigenvalue weighted by atomic mass is 16.2. The summed E-state index contributed by atoms with van der Waals surface area (Å²) in [5, 5.41) is 14.8. The number of piperidine rings is 1. The summed E-state index contributed by atoms with van der Waals surface area (Å²) in [5.41, 5.74) is 1.36. The summed E-state index contributed by atoms with van der Waals surface area (Å²) >= 11 is 0. The summed E-state index contributed by atoms with van der Waals surface area (Å²) in [5.74, 6) is -0.177. The molecule has 25 heavy (non-hydrogen) atoms. The third-order valence-electron chi connectivity index (χ3n) is 4.70. The maximum Gasteiger partial charge on any atom is 0.273 e. The van der Waals surface area contributed by atoms with Gasteiger partial charge >= 0.3 is 0 Å². The summed E-state index contributed by atoms with van der Waals surface area (Å²) in [6.45, 7) is 8.32. The first-order chi connectivity index (χ1) is 11.9. The minimum Gasteiger partial charge on any atom is -0.343 e. The number of aromatic nitrogens is 3. The lowest BCUT2D eigenvalue weighted by Gasteiger charge is -2.31. The van der Waals surface area contributed by atoms with Gasteiger partial charge < -0.3 is 10.6 Å². The SMILES string of the molecule is CC(C)(C)C(NC(=O)c1cn(C2CCNCC2)nn1)c1ccccc1. The molecule has 2 aromatic rings. The van der Waals surface area contributed by atoms with E-state index in [9.17, 15) is 4.79 Å². The van der Waals surface area contributed by atoms with Gasteiger partial charge in [0.15, 0.2) is 5.69 Å². The van der Waals surface area contributed by atoms with Crippen LogP contribution in [0.15, 0.2) is 36.5 Å². The zero-order valence-electron chi connectivity index (χ0n) is 15.2. The van der Waals surface area contributed by atoms with Crippen molar-refractivity contribution in [3.05, 3.63) is 47.8 Å². The average Bonchev–Trinajstić information content (AvgIpc) is 3.10. The van der Waals surface area contributed by atoms with E-state index in [2.05, 4.69) is 41.7 Å². The Labute approximate surface area is 149 Å². The Kier molecular flexibility index (Phi) is 5.18. The Bertz CT molecular complexity index is 698. The van der Waals surface area contributed by atoms with Gasteiger partial charge in [-0.1, -0.05) is 56.3 Å². The van der Waals surface area contributed by atoms with Gasteiger partial charge in [-0.2, -0.15) is 0 Å². The van der Waals surface area contributed by atoms with Gasteiger partial charge in [0.25, 0.3) is 5.91 Å². The first-order valence-corrected chi connectivity index (χ1v) is 8.93. The van der Waals surface area contributed by atoms with Gasteiger partial charge in [0.05, 0.1) is 18.3 Å². The van der Waals surface area contributed by atoms with E-state index < -0.39 is 0 Å². The van der Waals surface area contributed by atoms with Crippen molar-refractivity contribution in [3.63, 3.8) is 0 Å². The van der Waals surface area contributed by atoms with Gasteiger partial charge in [-0.25, -0.2) is 4.68 Å². The lowest BCUT2D eigenvalue weighted by Crippen LogP contribution is -2.36. The van der Waals surface area contributed by atoms with E-state index in [1.807, 2.05) is 35.0 Å².